The molecule has 1 unspecified atom stereocenters. The number of nitrogens with zero attached hydrogens (tertiary/aromatic N) is 1. The normalized spacial score (nSPS) is 14.7. The van der Waals surface area contributed by atoms with E-state index >= 15 is 0 Å². The lowest BCUT2D eigenvalue weighted by Crippen LogP contribution is -2.39. The molecule has 6 heteroatoms. The maximum atomic E-state index is 13.5. The summed E-state index contributed by atoms with van der Waals surface area (Å²) in [6.07, 6.45) is 2.24. The van der Waals surface area contributed by atoms with Gasteiger partial charge in [0.25, 0.3) is 11.8 Å². The minimum atomic E-state index is -0.518. The van der Waals surface area contributed by atoms with Crippen LogP contribution < -0.4 is 10.8 Å². The highest BCUT2D eigenvalue weighted by atomic mass is 16.5. The Kier molecular flexibility index (Phi) is 6.21. The summed E-state index contributed by atoms with van der Waals surface area (Å²) >= 11 is 0. The van der Waals surface area contributed by atoms with Crippen LogP contribution in [0.2, 0.25) is 0 Å². The van der Waals surface area contributed by atoms with Crippen molar-refractivity contribution in [3.8, 4) is 16.9 Å². The van der Waals surface area contributed by atoms with Crippen molar-refractivity contribution in [1.29, 1.82) is 0 Å². The van der Waals surface area contributed by atoms with Crippen molar-refractivity contribution in [3.63, 3.8) is 0 Å². The van der Waals surface area contributed by atoms with Crippen LogP contribution in [-0.4, -0.2) is 27.6 Å². The minimum Gasteiger partial charge on any atom is -0.349 e. The van der Waals surface area contributed by atoms with E-state index < -0.39 is 5.91 Å². The largest absolute Gasteiger partial charge is 0.349 e. The van der Waals surface area contributed by atoms with Gasteiger partial charge in [0.1, 0.15) is 0 Å². The van der Waals surface area contributed by atoms with Gasteiger partial charge in [0.05, 0.1) is 11.3 Å². The molecule has 3 aromatic carbocycles. The summed E-state index contributed by atoms with van der Waals surface area (Å²) in [5.41, 5.74) is 8.89. The maximum Gasteiger partial charge on any atom is 0.274 e. The van der Waals surface area contributed by atoms with Crippen LogP contribution >= 0.6 is 0 Å². The van der Waals surface area contributed by atoms with Crippen LogP contribution in [0.4, 0.5) is 0 Å². The van der Waals surface area contributed by atoms with Crippen molar-refractivity contribution >= 4 is 11.8 Å². The Morgan fingerprint density at radius 2 is 1.60 bits per heavy atom. The molecule has 5 rings (SSSR count). The van der Waals surface area contributed by atoms with Gasteiger partial charge in [0.15, 0.2) is 0 Å². The smallest absolute Gasteiger partial charge is 0.274 e. The molecule has 0 aliphatic heterocycles. The number of amides is 2. The fourth-order valence-corrected chi connectivity index (χ4v) is 4.92. The molecule has 1 aromatic heterocycles. The van der Waals surface area contributed by atoms with E-state index in [9.17, 15) is 9.59 Å². The number of aromatic nitrogens is 1. The number of para-hydroxylation sites is 1. The first-order chi connectivity index (χ1) is 17.0. The first kappa shape index (κ1) is 22.6. The van der Waals surface area contributed by atoms with Crippen molar-refractivity contribution < 1.29 is 14.8 Å². The van der Waals surface area contributed by atoms with Gasteiger partial charge in [-0.15, -0.1) is 0 Å². The second-order valence-corrected chi connectivity index (χ2v) is 8.90. The number of hydrogen-bond donors (Lipinski definition) is 3. The predicted octanol–water partition coefficient (Wildman–Crippen LogP) is 4.86. The van der Waals surface area contributed by atoms with Gasteiger partial charge in [0.2, 0.25) is 0 Å². The minimum absolute atomic E-state index is 0.00664. The summed E-state index contributed by atoms with van der Waals surface area (Å²) in [4.78, 5) is 25.2. The summed E-state index contributed by atoms with van der Waals surface area (Å²) < 4.78 is 2.13. The number of carbonyl (C=O) groups is 2. The Hall–Kier alpha value is -4.16. The highest BCUT2D eigenvalue weighted by Crippen LogP contribution is 2.30. The SMILES string of the molecule is Cc1c(C(=O)NC2CCc3cc(C(=O)NO)ccc3C2)cc(-c2ccccc2)n1-c1ccccc1. The van der Waals surface area contributed by atoms with E-state index in [0.717, 1.165) is 46.6 Å². The number of benzene rings is 3. The van der Waals surface area contributed by atoms with E-state index in [1.807, 2.05) is 73.7 Å². The molecule has 1 atom stereocenters. The van der Waals surface area contributed by atoms with Gasteiger partial charge >= 0.3 is 0 Å². The van der Waals surface area contributed by atoms with Crippen molar-refractivity contribution in [2.45, 2.75) is 32.2 Å². The molecule has 3 N–H and O–H groups in total. The molecule has 176 valence electrons. The van der Waals surface area contributed by atoms with Crippen LogP contribution in [0.5, 0.6) is 0 Å². The van der Waals surface area contributed by atoms with E-state index in [1.165, 1.54) is 0 Å². The van der Waals surface area contributed by atoms with Crippen LogP contribution in [0.3, 0.4) is 0 Å². The van der Waals surface area contributed by atoms with Crippen molar-refractivity contribution in [2.24, 2.45) is 0 Å². The van der Waals surface area contributed by atoms with Gasteiger partial charge in [0, 0.05) is 23.0 Å². The molecule has 1 heterocycles. The van der Waals surface area contributed by atoms with Gasteiger partial charge in [-0.25, -0.2) is 5.48 Å². The second-order valence-electron chi connectivity index (χ2n) is 8.90. The first-order valence-electron chi connectivity index (χ1n) is 11.8. The zero-order valence-corrected chi connectivity index (χ0v) is 19.5. The Morgan fingerprint density at radius 1 is 0.886 bits per heavy atom. The summed E-state index contributed by atoms with van der Waals surface area (Å²) in [5, 5.41) is 12.1. The number of carbonyl (C=O) groups excluding carboxylic acids is 2. The second kappa shape index (κ2) is 9.60. The van der Waals surface area contributed by atoms with E-state index in [4.69, 9.17) is 5.21 Å². The van der Waals surface area contributed by atoms with Gasteiger partial charge in [-0.05, 0) is 73.2 Å². The number of nitrogens with one attached hydrogen (secondary N) is 2. The molecule has 0 fully saturated rings. The fourth-order valence-electron chi connectivity index (χ4n) is 4.92. The summed E-state index contributed by atoms with van der Waals surface area (Å²) in [7, 11) is 0. The lowest BCUT2D eigenvalue weighted by atomic mass is 9.87. The van der Waals surface area contributed by atoms with Crippen LogP contribution in [0.15, 0.2) is 84.9 Å². The molecule has 0 saturated carbocycles. The Balaban J connectivity index is 1.41. The summed E-state index contributed by atoms with van der Waals surface area (Å²) in [5.74, 6) is -0.602. The number of aryl methyl sites for hydroxylation is 1. The highest BCUT2D eigenvalue weighted by Gasteiger charge is 2.25. The van der Waals surface area contributed by atoms with Gasteiger partial charge < -0.3 is 9.88 Å². The number of hydrogen-bond acceptors (Lipinski definition) is 3. The van der Waals surface area contributed by atoms with E-state index in [1.54, 1.807) is 11.5 Å². The van der Waals surface area contributed by atoms with Crippen molar-refractivity contribution in [1.82, 2.24) is 15.4 Å². The first-order valence-corrected chi connectivity index (χ1v) is 11.8. The van der Waals surface area contributed by atoms with Gasteiger partial charge in [-0.3, -0.25) is 14.8 Å². The van der Waals surface area contributed by atoms with E-state index in [-0.39, 0.29) is 11.9 Å². The molecule has 0 radical (unpaired) electrons. The average Bonchev–Trinajstić information content (AvgIpc) is 3.26. The summed E-state index contributed by atoms with van der Waals surface area (Å²) in [6.45, 7) is 1.98. The Bertz CT molecular complexity index is 1380. The fraction of sp³-hybridized carbons (Fsp3) is 0.172. The monoisotopic (exact) mass is 465 g/mol. The zero-order chi connectivity index (χ0) is 24.4. The lowest BCUT2D eigenvalue weighted by Gasteiger charge is -2.26. The standard InChI is InChI=1S/C29H27N3O3/c1-19-26(18-27(20-8-4-2-5-9-20)32(19)25-10-6-3-7-11-25)29(34)30-24-15-14-21-16-23(28(33)31-35)13-12-22(21)17-24/h2-13,16,18,24,35H,14-15,17H2,1H3,(H,30,34)(H,31,33). The third-order valence-corrected chi connectivity index (χ3v) is 6.71. The quantitative estimate of drug-likeness (QED) is 0.291. The molecule has 1 aliphatic rings. The third-order valence-electron chi connectivity index (χ3n) is 6.71. The van der Waals surface area contributed by atoms with Gasteiger partial charge in [-0.1, -0.05) is 54.6 Å². The molecule has 6 nitrogen and oxygen atoms in total. The predicted molar refractivity (Wildman–Crippen MR) is 135 cm³/mol. The highest BCUT2D eigenvalue weighted by molar-refractivity contribution is 5.97. The Labute approximate surface area is 204 Å². The molecule has 0 bridgehead atoms. The van der Waals surface area contributed by atoms with Crippen molar-refractivity contribution in [2.75, 3.05) is 0 Å². The van der Waals surface area contributed by atoms with E-state index in [2.05, 4.69) is 22.0 Å². The lowest BCUT2D eigenvalue weighted by molar-refractivity contribution is 0.0706. The number of fused-ring (bicyclic) bond motifs is 1. The van der Waals surface area contributed by atoms with Gasteiger partial charge in [-0.2, -0.15) is 0 Å². The van der Waals surface area contributed by atoms with E-state index in [0.29, 0.717) is 17.5 Å². The molecular weight excluding hydrogens is 438 g/mol. The van der Waals surface area contributed by atoms with Crippen LogP contribution in [0.25, 0.3) is 16.9 Å². The number of rotatable bonds is 5. The zero-order valence-electron chi connectivity index (χ0n) is 19.5. The average molecular weight is 466 g/mol. The topological polar surface area (TPSA) is 83.4 Å². The van der Waals surface area contributed by atoms with Crippen molar-refractivity contribution in [3.05, 3.63) is 113 Å². The molecule has 2 amide bonds. The molecule has 35 heavy (non-hydrogen) atoms. The summed E-state index contributed by atoms with van der Waals surface area (Å²) in [6, 6.07) is 27.6. The molecule has 4 aromatic rings. The molecule has 0 spiro atoms. The Morgan fingerprint density at radius 3 is 2.31 bits per heavy atom. The van der Waals surface area contributed by atoms with Crippen LogP contribution in [-0.2, 0) is 12.8 Å². The van der Waals surface area contributed by atoms with Crippen LogP contribution in [0, 0.1) is 6.92 Å². The third kappa shape index (κ3) is 4.48. The molecular formula is C29H27N3O3. The maximum absolute atomic E-state index is 13.5. The molecule has 1 aliphatic carbocycles. The molecule has 0 saturated heterocycles. The van der Waals surface area contributed by atoms with Crippen LogP contribution in [0.1, 0.15) is 44.0 Å². The number of hydroxylamine groups is 1.